The summed E-state index contributed by atoms with van der Waals surface area (Å²) in [6.45, 7) is 0. The molecule has 0 saturated carbocycles. The van der Waals surface area contributed by atoms with Crippen molar-refractivity contribution in [1.82, 2.24) is 4.98 Å². The Kier molecular flexibility index (Phi) is 5.15. The highest BCUT2D eigenvalue weighted by Gasteiger charge is 2.12. The van der Waals surface area contributed by atoms with Gasteiger partial charge in [0.05, 0.1) is 26.1 Å². The van der Waals surface area contributed by atoms with Crippen LogP contribution in [-0.4, -0.2) is 25.4 Å². The lowest BCUT2D eigenvalue weighted by Crippen LogP contribution is -1.91. The third-order valence-corrected chi connectivity index (χ3v) is 3.49. The second kappa shape index (κ2) is 7.85. The Bertz CT molecular complexity index is 938. The van der Waals surface area contributed by atoms with Crippen LogP contribution in [-0.2, 0) is 0 Å². The summed E-state index contributed by atoms with van der Waals surface area (Å²) in [7, 11) is 3.20. The average Bonchev–Trinajstić information content (AvgIpc) is 3.09. The maximum Gasteiger partial charge on any atom is 0.241 e. The van der Waals surface area contributed by atoms with Gasteiger partial charge in [-0.1, -0.05) is 0 Å². The minimum absolute atomic E-state index is 0.150. The number of ether oxygens (including phenoxy) is 2. The first-order valence-electron chi connectivity index (χ1n) is 7.72. The molecule has 0 saturated heterocycles. The number of anilines is 2. The van der Waals surface area contributed by atoms with Gasteiger partial charge in [0.2, 0.25) is 17.5 Å². The minimum atomic E-state index is 0.150. The quantitative estimate of drug-likeness (QED) is 0.675. The van der Waals surface area contributed by atoms with Gasteiger partial charge in [0.25, 0.3) is 0 Å². The zero-order chi connectivity index (χ0) is 18.4. The summed E-state index contributed by atoms with van der Waals surface area (Å²) >= 11 is 0. The van der Waals surface area contributed by atoms with Gasteiger partial charge in [-0.2, -0.15) is 10.2 Å². The molecule has 2 aromatic carbocycles. The zero-order valence-electron chi connectivity index (χ0n) is 14.3. The van der Waals surface area contributed by atoms with Crippen molar-refractivity contribution in [2.75, 3.05) is 19.5 Å². The molecule has 0 aliphatic heterocycles. The average molecular weight is 348 g/mol. The number of rotatable bonds is 6. The maximum absolute atomic E-state index is 9.24. The number of hydrogen-bond acceptors (Lipinski definition) is 7. The summed E-state index contributed by atoms with van der Waals surface area (Å²) in [5.41, 5.74) is 1.61. The molecule has 130 valence electrons. The SMILES string of the molecule is COc1ccc(N=Cc2nc(C#N)c(Nc3ccc(OC)cc3)o2)cc1. The highest BCUT2D eigenvalue weighted by atomic mass is 16.5. The van der Waals surface area contributed by atoms with Crippen LogP contribution in [0.1, 0.15) is 11.6 Å². The summed E-state index contributed by atoms with van der Waals surface area (Å²) < 4.78 is 15.8. The van der Waals surface area contributed by atoms with E-state index in [9.17, 15) is 5.26 Å². The molecule has 0 amide bonds. The molecule has 0 radical (unpaired) electrons. The Balaban J connectivity index is 1.77. The smallest absolute Gasteiger partial charge is 0.241 e. The van der Waals surface area contributed by atoms with Crippen molar-refractivity contribution in [2.45, 2.75) is 0 Å². The summed E-state index contributed by atoms with van der Waals surface area (Å²) in [5.74, 6) is 1.97. The molecule has 0 spiro atoms. The molecule has 7 nitrogen and oxygen atoms in total. The number of nitrogens with one attached hydrogen (secondary N) is 1. The topological polar surface area (TPSA) is 92.7 Å². The fraction of sp³-hybridized carbons (Fsp3) is 0.105. The van der Waals surface area contributed by atoms with E-state index in [-0.39, 0.29) is 17.5 Å². The van der Waals surface area contributed by atoms with Crippen molar-refractivity contribution in [1.29, 1.82) is 5.26 Å². The molecule has 0 unspecified atom stereocenters. The zero-order valence-corrected chi connectivity index (χ0v) is 14.3. The predicted molar refractivity (Wildman–Crippen MR) is 97.7 cm³/mol. The Morgan fingerprint density at radius 3 is 2.23 bits per heavy atom. The fourth-order valence-electron chi connectivity index (χ4n) is 2.16. The van der Waals surface area contributed by atoms with E-state index in [4.69, 9.17) is 13.9 Å². The van der Waals surface area contributed by atoms with Gasteiger partial charge < -0.3 is 19.2 Å². The predicted octanol–water partition coefficient (Wildman–Crippen LogP) is 4.06. The van der Waals surface area contributed by atoms with Crippen molar-refractivity contribution >= 4 is 23.5 Å². The van der Waals surface area contributed by atoms with Gasteiger partial charge in [-0.15, -0.1) is 0 Å². The van der Waals surface area contributed by atoms with Crippen molar-refractivity contribution < 1.29 is 13.9 Å². The van der Waals surface area contributed by atoms with Crippen LogP contribution in [0.4, 0.5) is 17.3 Å². The van der Waals surface area contributed by atoms with Crippen LogP contribution in [0, 0.1) is 11.3 Å². The lowest BCUT2D eigenvalue weighted by atomic mass is 10.3. The lowest BCUT2D eigenvalue weighted by Gasteiger charge is -2.04. The number of hydrogen-bond donors (Lipinski definition) is 1. The molecule has 0 fully saturated rings. The van der Waals surface area contributed by atoms with E-state index in [0.717, 1.165) is 17.2 Å². The van der Waals surface area contributed by atoms with E-state index in [1.165, 1.54) is 6.21 Å². The van der Waals surface area contributed by atoms with Crippen LogP contribution in [0.5, 0.6) is 11.5 Å². The van der Waals surface area contributed by atoms with Gasteiger partial charge >= 0.3 is 0 Å². The van der Waals surface area contributed by atoms with E-state index < -0.39 is 0 Å². The molecule has 3 aromatic rings. The van der Waals surface area contributed by atoms with E-state index >= 15 is 0 Å². The van der Waals surface area contributed by atoms with Crippen molar-refractivity contribution in [3.05, 3.63) is 60.1 Å². The number of benzene rings is 2. The third-order valence-electron chi connectivity index (χ3n) is 3.49. The van der Waals surface area contributed by atoms with E-state index in [2.05, 4.69) is 15.3 Å². The standard InChI is InChI=1S/C19H16N4O3/c1-24-15-7-3-13(4-8-15)21-12-18-23-17(11-20)19(26-18)22-14-5-9-16(25-2)10-6-14/h3-10,12,22H,1-2H3. The first kappa shape index (κ1) is 17.0. The minimum Gasteiger partial charge on any atom is -0.497 e. The first-order valence-corrected chi connectivity index (χ1v) is 7.72. The van der Waals surface area contributed by atoms with Gasteiger partial charge in [-0.3, -0.25) is 4.99 Å². The molecule has 1 heterocycles. The summed E-state index contributed by atoms with van der Waals surface area (Å²) in [6, 6.07) is 16.5. The first-order chi connectivity index (χ1) is 12.7. The van der Waals surface area contributed by atoms with Crippen LogP contribution in [0.15, 0.2) is 57.9 Å². The molecule has 0 aliphatic carbocycles. The number of oxazole rings is 1. The van der Waals surface area contributed by atoms with Crippen LogP contribution in [0.3, 0.4) is 0 Å². The van der Waals surface area contributed by atoms with Crippen LogP contribution in [0.2, 0.25) is 0 Å². The monoisotopic (exact) mass is 348 g/mol. The van der Waals surface area contributed by atoms with Crippen LogP contribution >= 0.6 is 0 Å². The van der Waals surface area contributed by atoms with Crippen LogP contribution < -0.4 is 14.8 Å². The fourth-order valence-corrected chi connectivity index (χ4v) is 2.16. The number of nitrogens with zero attached hydrogens (tertiary/aromatic N) is 3. The second-order valence-electron chi connectivity index (χ2n) is 5.15. The summed E-state index contributed by atoms with van der Waals surface area (Å²) in [4.78, 5) is 8.40. The lowest BCUT2D eigenvalue weighted by molar-refractivity contribution is 0.415. The molecule has 0 atom stereocenters. The maximum atomic E-state index is 9.24. The van der Waals surface area contributed by atoms with Crippen molar-refractivity contribution in [2.24, 2.45) is 4.99 Å². The Hall–Kier alpha value is -3.79. The highest BCUT2D eigenvalue weighted by Crippen LogP contribution is 2.24. The van der Waals surface area contributed by atoms with E-state index in [1.54, 1.807) is 50.6 Å². The molecule has 0 bridgehead atoms. The third kappa shape index (κ3) is 3.99. The van der Waals surface area contributed by atoms with Gasteiger partial charge in [-0.05, 0) is 48.5 Å². The van der Waals surface area contributed by atoms with E-state index in [1.807, 2.05) is 18.2 Å². The molecule has 1 aromatic heterocycles. The van der Waals surface area contributed by atoms with Crippen molar-refractivity contribution in [3.8, 4) is 17.6 Å². The molecule has 0 aliphatic rings. The molecule has 3 rings (SSSR count). The Morgan fingerprint density at radius 1 is 1.04 bits per heavy atom. The van der Waals surface area contributed by atoms with Gasteiger partial charge in [0.1, 0.15) is 17.6 Å². The normalized spacial score (nSPS) is 10.5. The number of nitriles is 1. The Morgan fingerprint density at radius 2 is 1.65 bits per heavy atom. The largest absolute Gasteiger partial charge is 0.497 e. The highest BCUT2D eigenvalue weighted by molar-refractivity contribution is 5.78. The molecule has 1 N–H and O–H groups in total. The van der Waals surface area contributed by atoms with Gasteiger partial charge in [0.15, 0.2) is 0 Å². The molecule has 7 heteroatoms. The van der Waals surface area contributed by atoms with E-state index in [0.29, 0.717) is 5.69 Å². The summed E-state index contributed by atoms with van der Waals surface area (Å²) in [5, 5.41) is 12.3. The molecular weight excluding hydrogens is 332 g/mol. The molecule has 26 heavy (non-hydrogen) atoms. The Labute approximate surface area is 150 Å². The number of aliphatic imine (C=N–C) groups is 1. The molecular formula is C19H16N4O3. The second-order valence-corrected chi connectivity index (χ2v) is 5.15. The number of aromatic nitrogens is 1. The van der Waals surface area contributed by atoms with Crippen LogP contribution in [0.25, 0.3) is 0 Å². The van der Waals surface area contributed by atoms with Gasteiger partial charge in [-0.25, -0.2) is 0 Å². The van der Waals surface area contributed by atoms with Gasteiger partial charge in [0, 0.05) is 5.69 Å². The summed E-state index contributed by atoms with van der Waals surface area (Å²) in [6.07, 6.45) is 1.46. The number of methoxy groups -OCH3 is 2. The van der Waals surface area contributed by atoms with Crippen molar-refractivity contribution in [3.63, 3.8) is 0 Å².